The summed E-state index contributed by atoms with van der Waals surface area (Å²) in [6, 6.07) is 4.87. The van der Waals surface area contributed by atoms with Crippen molar-refractivity contribution in [3.8, 4) is 0 Å². The first-order chi connectivity index (χ1) is 14.3. The highest BCUT2D eigenvalue weighted by atomic mass is 19.4. The topological polar surface area (TPSA) is 49.4 Å². The molecule has 1 fully saturated rings. The van der Waals surface area contributed by atoms with Gasteiger partial charge in [-0.3, -0.25) is 9.59 Å². The molecule has 1 aromatic rings. The molecule has 1 aromatic carbocycles. The van der Waals surface area contributed by atoms with Crippen molar-refractivity contribution in [2.75, 3.05) is 13.1 Å². The number of nitrogens with one attached hydrogen (secondary N) is 1. The van der Waals surface area contributed by atoms with E-state index in [4.69, 9.17) is 0 Å². The van der Waals surface area contributed by atoms with Crippen LogP contribution in [0.3, 0.4) is 0 Å². The lowest BCUT2D eigenvalue weighted by Crippen LogP contribution is -2.42. The Labute approximate surface area is 173 Å². The number of halogens is 3. The zero-order valence-electron chi connectivity index (χ0n) is 16.9. The molecule has 30 heavy (non-hydrogen) atoms. The maximum atomic E-state index is 13.5. The fourth-order valence-electron chi connectivity index (χ4n) is 4.73. The molecule has 0 saturated carbocycles. The minimum atomic E-state index is -4.43. The van der Waals surface area contributed by atoms with E-state index in [9.17, 15) is 22.8 Å². The minimum Gasteiger partial charge on any atom is -0.362 e. The van der Waals surface area contributed by atoms with Crippen LogP contribution in [-0.2, 0) is 15.8 Å². The summed E-state index contributed by atoms with van der Waals surface area (Å²) in [6.07, 6.45) is 0.328. The van der Waals surface area contributed by atoms with Crippen molar-refractivity contribution in [1.29, 1.82) is 0 Å². The molecule has 2 aliphatic heterocycles. The number of alkyl halides is 3. The number of benzene rings is 1. The Hall–Kier alpha value is -2.57. The number of hydrogen-bond donors (Lipinski definition) is 1. The third kappa shape index (κ3) is 3.77. The highest BCUT2D eigenvalue weighted by Gasteiger charge is 2.40. The Balaban J connectivity index is 1.79. The van der Waals surface area contributed by atoms with E-state index in [0.29, 0.717) is 48.3 Å². The van der Waals surface area contributed by atoms with Gasteiger partial charge in [0.15, 0.2) is 5.78 Å². The van der Waals surface area contributed by atoms with E-state index >= 15 is 0 Å². The lowest BCUT2D eigenvalue weighted by atomic mass is 9.74. The van der Waals surface area contributed by atoms with Gasteiger partial charge in [0, 0.05) is 48.0 Å². The zero-order chi connectivity index (χ0) is 21.5. The normalized spacial score (nSPS) is 22.7. The molecule has 0 radical (unpaired) electrons. The van der Waals surface area contributed by atoms with Crippen LogP contribution >= 0.6 is 0 Å². The van der Waals surface area contributed by atoms with Crippen molar-refractivity contribution in [3.05, 3.63) is 57.9 Å². The molecule has 1 atom stereocenters. The van der Waals surface area contributed by atoms with Crippen molar-refractivity contribution < 1.29 is 22.8 Å². The second kappa shape index (κ2) is 7.93. The summed E-state index contributed by atoms with van der Waals surface area (Å²) >= 11 is 0. The van der Waals surface area contributed by atoms with E-state index in [0.717, 1.165) is 43.5 Å². The van der Waals surface area contributed by atoms with Crippen LogP contribution in [0.1, 0.15) is 62.5 Å². The number of Topliss-reactive ketones (excluding diaryl/α,β-unsaturated/α-hetero) is 1. The molecule has 1 aliphatic carbocycles. The van der Waals surface area contributed by atoms with E-state index in [1.54, 1.807) is 4.90 Å². The number of allylic oxidation sites excluding steroid dienone is 3. The molecular formula is C23H25F3N2O2. The second-order valence-corrected chi connectivity index (χ2v) is 8.24. The van der Waals surface area contributed by atoms with Gasteiger partial charge in [-0.1, -0.05) is 12.1 Å². The van der Waals surface area contributed by atoms with Gasteiger partial charge < -0.3 is 10.2 Å². The van der Waals surface area contributed by atoms with Crippen molar-refractivity contribution >= 4 is 11.7 Å². The summed E-state index contributed by atoms with van der Waals surface area (Å²) in [5, 5.41) is 3.27. The van der Waals surface area contributed by atoms with Crippen LogP contribution in [0.4, 0.5) is 13.2 Å². The van der Waals surface area contributed by atoms with E-state index in [1.807, 2.05) is 6.92 Å². The monoisotopic (exact) mass is 418 g/mol. The SMILES string of the molecule is CC1=C(C(=O)N2CCCCC2)C(c2ccc(C(F)(F)F)cc2)C2=C(CCCC2=O)N1. The molecular weight excluding hydrogens is 393 g/mol. The molecule has 3 aliphatic rings. The number of carbonyl (C=O) groups is 2. The summed E-state index contributed by atoms with van der Waals surface area (Å²) in [6.45, 7) is 3.14. The summed E-state index contributed by atoms with van der Waals surface area (Å²) in [5.41, 5.74) is 2.30. The molecule has 2 heterocycles. The van der Waals surface area contributed by atoms with Crippen LogP contribution in [0.2, 0.25) is 0 Å². The van der Waals surface area contributed by atoms with Crippen molar-refractivity contribution in [3.63, 3.8) is 0 Å². The standard InChI is InChI=1S/C23H25F3N2O2/c1-14-19(22(30)28-12-3-2-4-13-28)20(21-17(27-14)6-5-7-18(21)29)15-8-10-16(11-9-15)23(24,25)26/h8-11,20,27H,2-7,12-13H2,1H3. The van der Waals surface area contributed by atoms with Gasteiger partial charge in [-0.15, -0.1) is 0 Å². The Bertz CT molecular complexity index is 923. The summed E-state index contributed by atoms with van der Waals surface area (Å²) in [4.78, 5) is 28.1. The molecule has 160 valence electrons. The highest BCUT2D eigenvalue weighted by molar-refractivity contribution is 6.05. The highest BCUT2D eigenvalue weighted by Crippen LogP contribution is 2.43. The van der Waals surface area contributed by atoms with Crippen LogP contribution in [0, 0.1) is 0 Å². The zero-order valence-corrected chi connectivity index (χ0v) is 16.9. The molecule has 0 spiro atoms. The molecule has 4 rings (SSSR count). The molecule has 1 saturated heterocycles. The molecule has 1 N–H and O–H groups in total. The van der Waals surface area contributed by atoms with E-state index in [-0.39, 0.29) is 11.7 Å². The van der Waals surface area contributed by atoms with Crippen LogP contribution in [0.5, 0.6) is 0 Å². The van der Waals surface area contributed by atoms with Gasteiger partial charge in [0.25, 0.3) is 5.91 Å². The maximum absolute atomic E-state index is 13.5. The van der Waals surface area contributed by atoms with Gasteiger partial charge in [0.2, 0.25) is 0 Å². The predicted octanol–water partition coefficient (Wildman–Crippen LogP) is 4.69. The Morgan fingerprint density at radius 3 is 2.33 bits per heavy atom. The summed E-state index contributed by atoms with van der Waals surface area (Å²) < 4.78 is 39.2. The van der Waals surface area contributed by atoms with Crippen LogP contribution in [-0.4, -0.2) is 29.7 Å². The lowest BCUT2D eigenvalue weighted by Gasteiger charge is -2.37. The fraction of sp³-hybridized carbons (Fsp3) is 0.478. The third-order valence-corrected chi connectivity index (χ3v) is 6.22. The summed E-state index contributed by atoms with van der Waals surface area (Å²) in [5.74, 6) is -0.801. The molecule has 7 heteroatoms. The van der Waals surface area contributed by atoms with Gasteiger partial charge in [-0.05, 0) is 56.7 Å². The quantitative estimate of drug-likeness (QED) is 0.758. The summed E-state index contributed by atoms with van der Waals surface area (Å²) in [7, 11) is 0. The number of piperidine rings is 1. The molecule has 4 nitrogen and oxygen atoms in total. The van der Waals surface area contributed by atoms with Crippen molar-refractivity contribution in [2.45, 2.75) is 57.5 Å². The predicted molar refractivity (Wildman–Crippen MR) is 106 cm³/mol. The molecule has 0 bridgehead atoms. The van der Waals surface area contributed by atoms with Crippen LogP contribution in [0.15, 0.2) is 46.8 Å². The number of hydrogen-bond acceptors (Lipinski definition) is 3. The Morgan fingerprint density at radius 1 is 1.03 bits per heavy atom. The largest absolute Gasteiger partial charge is 0.416 e. The lowest BCUT2D eigenvalue weighted by molar-refractivity contribution is -0.137. The molecule has 1 unspecified atom stereocenters. The van der Waals surface area contributed by atoms with E-state index in [2.05, 4.69) is 5.32 Å². The minimum absolute atomic E-state index is 0.0370. The average molecular weight is 418 g/mol. The van der Waals surface area contributed by atoms with Crippen LogP contribution < -0.4 is 5.32 Å². The number of dihydropyridines is 1. The van der Waals surface area contributed by atoms with Crippen molar-refractivity contribution in [2.24, 2.45) is 0 Å². The number of ketones is 1. The number of rotatable bonds is 2. The van der Waals surface area contributed by atoms with Gasteiger partial charge in [0.1, 0.15) is 0 Å². The third-order valence-electron chi connectivity index (χ3n) is 6.22. The van der Waals surface area contributed by atoms with Gasteiger partial charge >= 0.3 is 6.18 Å². The Kier molecular flexibility index (Phi) is 5.47. The average Bonchev–Trinajstić information content (AvgIpc) is 2.72. The second-order valence-electron chi connectivity index (χ2n) is 8.24. The first-order valence-corrected chi connectivity index (χ1v) is 10.5. The number of nitrogens with zero attached hydrogens (tertiary/aromatic N) is 1. The molecule has 0 aromatic heterocycles. The first-order valence-electron chi connectivity index (χ1n) is 10.5. The molecule has 1 amide bonds. The number of amides is 1. The Morgan fingerprint density at radius 2 is 1.70 bits per heavy atom. The smallest absolute Gasteiger partial charge is 0.362 e. The number of likely N-dealkylation sites (tertiary alicyclic amines) is 1. The van der Waals surface area contributed by atoms with Gasteiger partial charge in [0.05, 0.1) is 5.56 Å². The first kappa shape index (κ1) is 20.7. The maximum Gasteiger partial charge on any atom is 0.416 e. The van der Waals surface area contributed by atoms with E-state index in [1.165, 1.54) is 12.1 Å². The van der Waals surface area contributed by atoms with Gasteiger partial charge in [-0.2, -0.15) is 13.2 Å². The number of carbonyl (C=O) groups excluding carboxylic acids is 2. The van der Waals surface area contributed by atoms with Crippen molar-refractivity contribution in [1.82, 2.24) is 10.2 Å². The van der Waals surface area contributed by atoms with Gasteiger partial charge in [-0.25, -0.2) is 0 Å². The fourth-order valence-corrected chi connectivity index (χ4v) is 4.73. The van der Waals surface area contributed by atoms with Crippen LogP contribution in [0.25, 0.3) is 0 Å². The van der Waals surface area contributed by atoms with E-state index < -0.39 is 17.7 Å².